The zero-order chi connectivity index (χ0) is 19.4. The van der Waals surface area contributed by atoms with E-state index in [1.165, 1.54) is 16.4 Å². The summed E-state index contributed by atoms with van der Waals surface area (Å²) in [5, 5.41) is 0. The number of piperazine rings is 1. The van der Waals surface area contributed by atoms with Crippen LogP contribution < -0.4 is 4.90 Å². The van der Waals surface area contributed by atoms with Gasteiger partial charge >= 0.3 is 5.97 Å². The monoisotopic (exact) mass is 392 g/mol. The van der Waals surface area contributed by atoms with Gasteiger partial charge in [0.2, 0.25) is 10.0 Å². The molecule has 6 nitrogen and oxygen atoms in total. The van der Waals surface area contributed by atoms with Gasteiger partial charge < -0.3 is 9.64 Å². The Labute approximate surface area is 158 Å². The van der Waals surface area contributed by atoms with Gasteiger partial charge in [0.15, 0.2) is 0 Å². The molecule has 1 aliphatic heterocycles. The number of benzene rings is 2. The van der Waals surface area contributed by atoms with Crippen molar-refractivity contribution in [1.82, 2.24) is 4.31 Å². The molecule has 0 N–H and O–H groups in total. The molecule has 2 aromatic carbocycles. The van der Waals surface area contributed by atoms with Crippen molar-refractivity contribution in [3.05, 3.63) is 59.9 Å². The maximum absolute atomic E-state index is 13.0. The number of rotatable bonds is 5. The van der Waals surface area contributed by atoms with Crippen molar-refractivity contribution in [3.63, 3.8) is 0 Å². The van der Waals surface area contributed by atoms with Crippen molar-refractivity contribution < 1.29 is 22.3 Å². The summed E-state index contributed by atoms with van der Waals surface area (Å²) >= 11 is 0. The number of hydrogen-bond donors (Lipinski definition) is 0. The molecule has 1 saturated heterocycles. The van der Waals surface area contributed by atoms with Crippen LogP contribution in [-0.2, 0) is 14.8 Å². The number of nitrogens with zero attached hydrogens (tertiary/aromatic N) is 2. The second-order valence-electron chi connectivity index (χ2n) is 6.11. The predicted octanol–water partition coefficient (Wildman–Crippen LogP) is 2.51. The van der Waals surface area contributed by atoms with Crippen molar-refractivity contribution in [2.75, 3.05) is 37.7 Å². The number of sulfonamides is 1. The van der Waals surface area contributed by atoms with Crippen LogP contribution in [0.3, 0.4) is 0 Å². The highest BCUT2D eigenvalue weighted by molar-refractivity contribution is 7.89. The number of carbonyl (C=O) groups is 1. The van der Waals surface area contributed by atoms with E-state index in [9.17, 15) is 17.6 Å². The second kappa shape index (κ2) is 8.06. The normalized spacial score (nSPS) is 15.6. The Morgan fingerprint density at radius 3 is 2.15 bits per heavy atom. The molecule has 0 aromatic heterocycles. The molecule has 27 heavy (non-hydrogen) atoms. The maximum Gasteiger partial charge on any atom is 0.338 e. The molecule has 0 radical (unpaired) electrons. The number of hydrogen-bond acceptors (Lipinski definition) is 5. The number of anilines is 1. The summed E-state index contributed by atoms with van der Waals surface area (Å²) in [4.78, 5) is 13.9. The number of ether oxygens (including phenoxy) is 1. The Kier molecular flexibility index (Phi) is 5.76. The van der Waals surface area contributed by atoms with Gasteiger partial charge in [0, 0.05) is 31.9 Å². The average molecular weight is 392 g/mol. The van der Waals surface area contributed by atoms with Crippen molar-refractivity contribution >= 4 is 21.7 Å². The lowest BCUT2D eigenvalue weighted by Gasteiger charge is -2.35. The first-order valence-corrected chi connectivity index (χ1v) is 10.1. The molecule has 2 aromatic rings. The van der Waals surface area contributed by atoms with E-state index in [-0.39, 0.29) is 10.9 Å². The third-order valence-electron chi connectivity index (χ3n) is 4.43. The molecule has 0 aliphatic carbocycles. The van der Waals surface area contributed by atoms with E-state index < -0.39 is 15.8 Å². The fourth-order valence-electron chi connectivity index (χ4n) is 2.97. The zero-order valence-electron chi connectivity index (χ0n) is 15.0. The van der Waals surface area contributed by atoms with E-state index in [1.54, 1.807) is 19.1 Å². The molecular formula is C19H21FN2O4S. The van der Waals surface area contributed by atoms with Gasteiger partial charge in [-0.25, -0.2) is 17.6 Å². The summed E-state index contributed by atoms with van der Waals surface area (Å²) < 4.78 is 44.7. The van der Waals surface area contributed by atoms with Gasteiger partial charge in [-0.15, -0.1) is 0 Å². The van der Waals surface area contributed by atoms with E-state index in [0.29, 0.717) is 38.3 Å². The average Bonchev–Trinajstić information content (AvgIpc) is 2.69. The Balaban J connectivity index is 1.65. The fourth-order valence-corrected chi connectivity index (χ4v) is 4.39. The molecule has 1 aliphatic rings. The van der Waals surface area contributed by atoms with Gasteiger partial charge in [0.1, 0.15) is 5.82 Å². The van der Waals surface area contributed by atoms with E-state index >= 15 is 0 Å². The minimum absolute atomic E-state index is 0.0936. The van der Waals surface area contributed by atoms with Crippen molar-refractivity contribution in [2.24, 2.45) is 0 Å². The summed E-state index contributed by atoms with van der Waals surface area (Å²) in [5.74, 6) is -0.829. The van der Waals surface area contributed by atoms with Gasteiger partial charge in [-0.3, -0.25) is 0 Å². The molecule has 0 amide bonds. The van der Waals surface area contributed by atoms with Crippen LogP contribution in [0.4, 0.5) is 10.1 Å². The summed E-state index contributed by atoms with van der Waals surface area (Å²) in [5.41, 5.74) is 1.40. The van der Waals surface area contributed by atoms with Crippen molar-refractivity contribution in [2.45, 2.75) is 11.8 Å². The van der Waals surface area contributed by atoms with Crippen LogP contribution in [0.1, 0.15) is 17.3 Å². The predicted molar refractivity (Wildman–Crippen MR) is 99.8 cm³/mol. The van der Waals surface area contributed by atoms with Crippen LogP contribution in [0.2, 0.25) is 0 Å². The highest BCUT2D eigenvalue weighted by Gasteiger charge is 2.28. The lowest BCUT2D eigenvalue weighted by molar-refractivity contribution is 0.0526. The van der Waals surface area contributed by atoms with E-state index in [2.05, 4.69) is 4.90 Å². The summed E-state index contributed by atoms with van der Waals surface area (Å²) in [6.07, 6.45) is 0. The lowest BCUT2D eigenvalue weighted by Crippen LogP contribution is -2.48. The number of carbonyl (C=O) groups excluding carboxylic acids is 1. The molecule has 0 spiro atoms. The Hall–Kier alpha value is -2.45. The fraction of sp³-hybridized carbons (Fsp3) is 0.316. The van der Waals surface area contributed by atoms with Gasteiger partial charge in [0.25, 0.3) is 0 Å². The first kappa shape index (κ1) is 19.3. The van der Waals surface area contributed by atoms with Crippen LogP contribution in [-0.4, -0.2) is 51.5 Å². The Morgan fingerprint density at radius 2 is 1.59 bits per heavy atom. The molecule has 0 atom stereocenters. The quantitative estimate of drug-likeness (QED) is 0.732. The number of esters is 1. The highest BCUT2D eigenvalue weighted by Crippen LogP contribution is 2.22. The summed E-state index contributed by atoms with van der Waals surface area (Å²) in [7, 11) is -3.63. The largest absolute Gasteiger partial charge is 0.462 e. The molecule has 0 bridgehead atoms. The lowest BCUT2D eigenvalue weighted by atomic mass is 10.2. The van der Waals surface area contributed by atoms with Gasteiger partial charge in [-0.1, -0.05) is 0 Å². The SMILES string of the molecule is CCOC(=O)c1ccc(N2CCN(S(=O)(=O)c3ccc(F)cc3)CC2)cc1. The highest BCUT2D eigenvalue weighted by atomic mass is 32.2. The molecule has 1 heterocycles. The van der Waals surface area contributed by atoms with Crippen molar-refractivity contribution in [3.8, 4) is 0 Å². The zero-order valence-corrected chi connectivity index (χ0v) is 15.8. The second-order valence-corrected chi connectivity index (χ2v) is 8.05. The van der Waals surface area contributed by atoms with E-state index in [0.717, 1.165) is 17.8 Å². The van der Waals surface area contributed by atoms with E-state index in [4.69, 9.17) is 4.74 Å². The van der Waals surface area contributed by atoms with Gasteiger partial charge in [-0.05, 0) is 55.5 Å². The standard InChI is InChI=1S/C19H21FN2O4S/c1-2-26-19(23)15-3-7-17(8-4-15)21-11-13-22(14-12-21)27(24,25)18-9-5-16(20)6-10-18/h3-10H,2,11-14H2,1H3. The molecule has 0 saturated carbocycles. The van der Waals surface area contributed by atoms with Crippen LogP contribution in [0.5, 0.6) is 0 Å². The molecule has 8 heteroatoms. The van der Waals surface area contributed by atoms with Crippen LogP contribution >= 0.6 is 0 Å². The molecule has 3 rings (SSSR count). The first-order valence-electron chi connectivity index (χ1n) is 8.69. The van der Waals surface area contributed by atoms with Gasteiger partial charge in [-0.2, -0.15) is 4.31 Å². The van der Waals surface area contributed by atoms with Crippen molar-refractivity contribution in [1.29, 1.82) is 0 Å². The molecular weight excluding hydrogens is 371 g/mol. The minimum Gasteiger partial charge on any atom is -0.462 e. The topological polar surface area (TPSA) is 66.9 Å². The Morgan fingerprint density at radius 1 is 1.00 bits per heavy atom. The molecule has 144 valence electrons. The Bertz CT molecular complexity index is 890. The first-order chi connectivity index (χ1) is 12.9. The smallest absolute Gasteiger partial charge is 0.338 e. The summed E-state index contributed by atoms with van der Waals surface area (Å²) in [6, 6.07) is 11.9. The minimum atomic E-state index is -3.63. The van der Waals surface area contributed by atoms with E-state index in [1.807, 2.05) is 12.1 Å². The molecule has 1 fully saturated rings. The number of halogens is 1. The third-order valence-corrected chi connectivity index (χ3v) is 6.35. The molecule has 0 unspecified atom stereocenters. The van der Waals surface area contributed by atoms with Gasteiger partial charge in [0.05, 0.1) is 17.1 Å². The van der Waals surface area contributed by atoms with Crippen LogP contribution in [0, 0.1) is 5.82 Å². The van der Waals surface area contributed by atoms with Crippen LogP contribution in [0.25, 0.3) is 0 Å². The van der Waals surface area contributed by atoms with Crippen LogP contribution in [0.15, 0.2) is 53.4 Å². The third kappa shape index (κ3) is 4.28. The summed E-state index contributed by atoms with van der Waals surface area (Å²) in [6.45, 7) is 3.80. The maximum atomic E-state index is 13.0.